The van der Waals surface area contributed by atoms with E-state index in [9.17, 15) is 9.59 Å². The van der Waals surface area contributed by atoms with Crippen molar-refractivity contribution in [2.24, 2.45) is 7.05 Å². The number of nitrogens with one attached hydrogen (secondary N) is 1. The SMILES string of the molecule is Cc1nn(C)c2nc(-c3ccco3)cc(C(=O)NCCC(=O)OC(C)C)c12. The van der Waals surface area contributed by atoms with Gasteiger partial charge in [0.2, 0.25) is 0 Å². The first-order valence-electron chi connectivity index (χ1n) is 8.72. The van der Waals surface area contributed by atoms with Crippen LogP contribution in [0.5, 0.6) is 0 Å². The number of rotatable bonds is 6. The van der Waals surface area contributed by atoms with Crippen LogP contribution in [0, 0.1) is 6.92 Å². The predicted molar refractivity (Wildman–Crippen MR) is 99.1 cm³/mol. The second-order valence-electron chi connectivity index (χ2n) is 6.48. The van der Waals surface area contributed by atoms with Crippen LogP contribution in [0.4, 0.5) is 0 Å². The van der Waals surface area contributed by atoms with Crippen molar-refractivity contribution in [3.63, 3.8) is 0 Å². The van der Waals surface area contributed by atoms with E-state index in [0.29, 0.717) is 33.7 Å². The number of pyridine rings is 1. The number of carbonyl (C=O) groups excluding carboxylic acids is 2. The molecule has 0 aliphatic rings. The van der Waals surface area contributed by atoms with E-state index in [0.717, 1.165) is 0 Å². The van der Waals surface area contributed by atoms with Gasteiger partial charge in [0.25, 0.3) is 5.91 Å². The summed E-state index contributed by atoms with van der Waals surface area (Å²) < 4.78 is 12.1. The molecule has 0 aliphatic carbocycles. The van der Waals surface area contributed by atoms with Gasteiger partial charge in [-0.15, -0.1) is 0 Å². The van der Waals surface area contributed by atoms with Crippen LogP contribution < -0.4 is 5.32 Å². The fourth-order valence-corrected chi connectivity index (χ4v) is 2.87. The second kappa shape index (κ2) is 7.61. The monoisotopic (exact) mass is 370 g/mol. The highest BCUT2D eigenvalue weighted by atomic mass is 16.5. The number of amides is 1. The minimum atomic E-state index is -0.348. The van der Waals surface area contributed by atoms with Crippen LogP contribution in [0.2, 0.25) is 0 Å². The number of hydrogen-bond donors (Lipinski definition) is 1. The summed E-state index contributed by atoms with van der Waals surface area (Å²) in [5.41, 5.74) is 2.27. The lowest BCUT2D eigenvalue weighted by Crippen LogP contribution is -2.27. The lowest BCUT2D eigenvalue weighted by molar-refractivity contribution is -0.147. The zero-order valence-corrected chi connectivity index (χ0v) is 15.8. The maximum Gasteiger partial charge on any atom is 0.307 e. The number of carbonyl (C=O) groups is 2. The van der Waals surface area contributed by atoms with Crippen molar-refractivity contribution >= 4 is 22.9 Å². The van der Waals surface area contributed by atoms with Gasteiger partial charge < -0.3 is 14.5 Å². The summed E-state index contributed by atoms with van der Waals surface area (Å²) in [6.45, 7) is 5.58. The van der Waals surface area contributed by atoms with E-state index in [1.165, 1.54) is 0 Å². The van der Waals surface area contributed by atoms with E-state index in [4.69, 9.17) is 9.15 Å². The molecule has 3 heterocycles. The molecule has 3 rings (SSSR count). The van der Waals surface area contributed by atoms with Crippen LogP contribution in [-0.4, -0.2) is 39.3 Å². The Bertz CT molecular complexity index is 973. The largest absolute Gasteiger partial charge is 0.463 e. The van der Waals surface area contributed by atoms with Crippen molar-refractivity contribution in [3.05, 3.63) is 35.7 Å². The maximum absolute atomic E-state index is 12.8. The highest BCUT2D eigenvalue weighted by Gasteiger charge is 2.20. The quantitative estimate of drug-likeness (QED) is 0.670. The molecule has 3 aromatic heterocycles. The van der Waals surface area contributed by atoms with Crippen LogP contribution >= 0.6 is 0 Å². The normalized spacial score (nSPS) is 11.1. The van der Waals surface area contributed by atoms with Crippen molar-refractivity contribution in [2.75, 3.05) is 6.54 Å². The molecule has 0 saturated heterocycles. The molecule has 0 spiro atoms. The van der Waals surface area contributed by atoms with E-state index in [1.54, 1.807) is 50.0 Å². The van der Waals surface area contributed by atoms with Crippen molar-refractivity contribution in [1.29, 1.82) is 0 Å². The first-order chi connectivity index (χ1) is 12.9. The molecule has 1 amide bonds. The zero-order chi connectivity index (χ0) is 19.6. The number of esters is 1. The molecule has 0 aromatic carbocycles. The van der Waals surface area contributed by atoms with Crippen LogP contribution in [0.3, 0.4) is 0 Å². The van der Waals surface area contributed by atoms with Crippen molar-refractivity contribution in [3.8, 4) is 11.5 Å². The molecular formula is C19H22N4O4. The molecule has 0 fully saturated rings. The average Bonchev–Trinajstić information content (AvgIpc) is 3.22. The molecular weight excluding hydrogens is 348 g/mol. The third kappa shape index (κ3) is 3.99. The Morgan fingerprint density at radius 2 is 2.15 bits per heavy atom. The van der Waals surface area contributed by atoms with Crippen LogP contribution in [-0.2, 0) is 16.6 Å². The minimum Gasteiger partial charge on any atom is -0.463 e. The molecule has 1 N–H and O–H groups in total. The standard InChI is InChI=1S/C19H22N4O4/c1-11(2)27-16(24)7-8-20-19(25)13-10-14(15-6-5-9-26-15)21-18-17(13)12(3)22-23(18)4/h5-6,9-11H,7-8H2,1-4H3,(H,20,25). The molecule has 3 aromatic rings. The number of fused-ring (bicyclic) bond motifs is 1. The third-order valence-corrected chi connectivity index (χ3v) is 3.97. The van der Waals surface area contributed by atoms with Gasteiger partial charge in [0.15, 0.2) is 11.4 Å². The number of aromatic nitrogens is 3. The van der Waals surface area contributed by atoms with Crippen LogP contribution in [0.1, 0.15) is 36.3 Å². The van der Waals surface area contributed by atoms with Gasteiger partial charge in [-0.05, 0) is 39.0 Å². The third-order valence-electron chi connectivity index (χ3n) is 3.97. The van der Waals surface area contributed by atoms with Gasteiger partial charge in [-0.2, -0.15) is 5.10 Å². The predicted octanol–water partition coefficient (Wildman–Crippen LogP) is 2.61. The number of nitrogens with zero attached hydrogens (tertiary/aromatic N) is 3. The number of hydrogen-bond acceptors (Lipinski definition) is 6. The van der Waals surface area contributed by atoms with Gasteiger partial charge >= 0.3 is 5.97 Å². The topological polar surface area (TPSA) is 99.3 Å². The zero-order valence-electron chi connectivity index (χ0n) is 15.8. The van der Waals surface area contributed by atoms with Gasteiger partial charge in [0, 0.05) is 13.6 Å². The van der Waals surface area contributed by atoms with Gasteiger partial charge in [-0.1, -0.05) is 0 Å². The fraction of sp³-hybridized carbons (Fsp3) is 0.368. The smallest absolute Gasteiger partial charge is 0.307 e. The Labute approximate surface area is 156 Å². The van der Waals surface area contributed by atoms with Gasteiger partial charge in [0.1, 0.15) is 5.69 Å². The summed E-state index contributed by atoms with van der Waals surface area (Å²) in [6, 6.07) is 5.22. The summed E-state index contributed by atoms with van der Waals surface area (Å²) >= 11 is 0. The first kappa shape index (κ1) is 18.6. The van der Waals surface area contributed by atoms with Gasteiger partial charge in [-0.3, -0.25) is 14.3 Å². The minimum absolute atomic E-state index is 0.106. The Balaban J connectivity index is 1.88. The van der Waals surface area contributed by atoms with Crippen LogP contribution in [0.15, 0.2) is 28.9 Å². The Morgan fingerprint density at radius 3 is 2.81 bits per heavy atom. The molecule has 0 bridgehead atoms. The molecule has 0 aliphatic heterocycles. The molecule has 27 heavy (non-hydrogen) atoms. The highest BCUT2D eigenvalue weighted by Crippen LogP contribution is 2.27. The maximum atomic E-state index is 12.8. The molecule has 0 radical (unpaired) electrons. The lowest BCUT2D eigenvalue weighted by Gasteiger charge is -2.10. The summed E-state index contributed by atoms with van der Waals surface area (Å²) in [4.78, 5) is 29.0. The molecule has 142 valence electrons. The number of furan rings is 1. The Morgan fingerprint density at radius 1 is 1.37 bits per heavy atom. The first-order valence-corrected chi connectivity index (χ1v) is 8.72. The molecule has 0 unspecified atom stereocenters. The van der Waals surface area contributed by atoms with E-state index in [1.807, 2.05) is 6.92 Å². The summed E-state index contributed by atoms with van der Waals surface area (Å²) in [6.07, 6.45) is 1.48. The number of ether oxygens (including phenoxy) is 1. The second-order valence-corrected chi connectivity index (χ2v) is 6.48. The molecule has 0 atom stereocenters. The molecule has 0 saturated carbocycles. The number of aryl methyl sites for hydroxylation is 2. The highest BCUT2D eigenvalue weighted by molar-refractivity contribution is 6.07. The lowest BCUT2D eigenvalue weighted by atomic mass is 10.1. The van der Waals surface area contributed by atoms with Gasteiger partial charge in [-0.25, -0.2) is 4.98 Å². The van der Waals surface area contributed by atoms with E-state index >= 15 is 0 Å². The van der Waals surface area contributed by atoms with Crippen molar-refractivity contribution in [1.82, 2.24) is 20.1 Å². The molecule has 8 nitrogen and oxygen atoms in total. The van der Waals surface area contributed by atoms with E-state index in [-0.39, 0.29) is 30.9 Å². The Hall–Kier alpha value is -3.16. The van der Waals surface area contributed by atoms with Crippen molar-refractivity contribution < 1.29 is 18.7 Å². The van der Waals surface area contributed by atoms with Gasteiger partial charge in [0.05, 0.1) is 35.4 Å². The van der Waals surface area contributed by atoms with E-state index < -0.39 is 0 Å². The molecule has 8 heteroatoms. The summed E-state index contributed by atoms with van der Waals surface area (Å²) in [7, 11) is 1.78. The fourth-order valence-electron chi connectivity index (χ4n) is 2.87. The summed E-state index contributed by atoms with van der Waals surface area (Å²) in [5.74, 6) is -0.0898. The van der Waals surface area contributed by atoms with Crippen LogP contribution in [0.25, 0.3) is 22.5 Å². The van der Waals surface area contributed by atoms with Crippen molar-refractivity contribution in [2.45, 2.75) is 33.3 Å². The summed E-state index contributed by atoms with van der Waals surface area (Å²) in [5, 5.41) is 7.81. The Kier molecular flexibility index (Phi) is 5.25. The van der Waals surface area contributed by atoms with E-state index in [2.05, 4.69) is 15.4 Å². The average molecular weight is 370 g/mol.